The summed E-state index contributed by atoms with van der Waals surface area (Å²) in [5, 5.41) is 7.36. The number of anilines is 1. The third kappa shape index (κ3) is 5.87. The van der Waals surface area contributed by atoms with Crippen molar-refractivity contribution < 1.29 is 9.53 Å². The molecule has 1 heterocycles. The fourth-order valence-corrected chi connectivity index (χ4v) is 4.55. The summed E-state index contributed by atoms with van der Waals surface area (Å²) in [6, 6.07) is 20.4. The molecule has 0 atom stereocenters. The molecule has 0 aliphatic heterocycles. The van der Waals surface area contributed by atoms with Gasteiger partial charge >= 0.3 is 0 Å². The Morgan fingerprint density at radius 2 is 1.94 bits per heavy atom. The highest BCUT2D eigenvalue weighted by Crippen LogP contribution is 2.35. The van der Waals surface area contributed by atoms with E-state index in [0.717, 1.165) is 20.8 Å². The van der Waals surface area contributed by atoms with Crippen LogP contribution in [-0.2, 0) is 0 Å². The Morgan fingerprint density at radius 3 is 2.73 bits per heavy atom. The van der Waals surface area contributed by atoms with E-state index in [-0.39, 0.29) is 11.0 Å². The van der Waals surface area contributed by atoms with E-state index in [9.17, 15) is 4.79 Å². The van der Waals surface area contributed by atoms with Crippen molar-refractivity contribution in [2.75, 3.05) is 11.9 Å². The minimum atomic E-state index is -0.317. The average molecular weight is 496 g/mol. The molecule has 3 aromatic carbocycles. The SMILES string of the molecule is CC(C)COc1cccc(C(=O)NC(=S)Nc2ccc(Cl)c(-c3nc4ccccc4s3)c2)c1. The maximum Gasteiger partial charge on any atom is 0.257 e. The first-order chi connectivity index (χ1) is 15.9. The van der Waals surface area contributed by atoms with E-state index in [1.54, 1.807) is 41.7 Å². The second-order valence-electron chi connectivity index (χ2n) is 7.82. The number of hydrogen-bond donors (Lipinski definition) is 2. The van der Waals surface area contributed by atoms with E-state index in [1.807, 2.05) is 36.4 Å². The Morgan fingerprint density at radius 1 is 1.12 bits per heavy atom. The average Bonchev–Trinajstić information content (AvgIpc) is 3.23. The number of nitrogens with one attached hydrogen (secondary N) is 2. The van der Waals surface area contributed by atoms with Crippen LogP contribution >= 0.6 is 35.2 Å². The molecule has 4 rings (SSSR count). The highest BCUT2D eigenvalue weighted by molar-refractivity contribution is 7.80. The van der Waals surface area contributed by atoms with Gasteiger partial charge in [0.2, 0.25) is 0 Å². The molecule has 0 spiro atoms. The lowest BCUT2D eigenvalue weighted by Crippen LogP contribution is -2.34. The van der Waals surface area contributed by atoms with Gasteiger partial charge in [-0.05, 0) is 66.7 Å². The molecule has 5 nitrogen and oxygen atoms in total. The molecule has 8 heteroatoms. The largest absolute Gasteiger partial charge is 0.493 e. The van der Waals surface area contributed by atoms with Crippen LogP contribution in [0.2, 0.25) is 5.02 Å². The summed E-state index contributed by atoms with van der Waals surface area (Å²) in [5.41, 5.74) is 2.89. The van der Waals surface area contributed by atoms with Gasteiger partial charge in [0.05, 0.1) is 21.8 Å². The number of rotatable bonds is 6. The lowest BCUT2D eigenvalue weighted by Gasteiger charge is -2.12. The van der Waals surface area contributed by atoms with Crippen LogP contribution in [0.25, 0.3) is 20.8 Å². The minimum absolute atomic E-state index is 0.186. The number of hydrogen-bond acceptors (Lipinski definition) is 5. The van der Waals surface area contributed by atoms with Gasteiger partial charge in [-0.1, -0.05) is 43.6 Å². The van der Waals surface area contributed by atoms with Crippen LogP contribution < -0.4 is 15.4 Å². The van der Waals surface area contributed by atoms with E-state index in [4.69, 9.17) is 28.6 Å². The molecule has 0 radical (unpaired) electrons. The van der Waals surface area contributed by atoms with Gasteiger partial charge in [0.25, 0.3) is 5.91 Å². The van der Waals surface area contributed by atoms with E-state index < -0.39 is 0 Å². The Hall–Kier alpha value is -3.00. The van der Waals surface area contributed by atoms with Crippen LogP contribution in [0.5, 0.6) is 5.75 Å². The summed E-state index contributed by atoms with van der Waals surface area (Å²) in [5.74, 6) is 0.725. The van der Waals surface area contributed by atoms with Crippen molar-refractivity contribution >= 4 is 62.1 Å². The second kappa shape index (κ2) is 10.3. The van der Waals surface area contributed by atoms with Crippen molar-refractivity contribution in [2.24, 2.45) is 5.92 Å². The van der Waals surface area contributed by atoms with Gasteiger partial charge in [0, 0.05) is 16.8 Å². The topological polar surface area (TPSA) is 63.2 Å². The Balaban J connectivity index is 1.45. The number of para-hydroxylation sites is 1. The van der Waals surface area contributed by atoms with Gasteiger partial charge in [-0.3, -0.25) is 10.1 Å². The molecule has 0 aliphatic carbocycles. The highest BCUT2D eigenvalue weighted by Gasteiger charge is 2.13. The summed E-state index contributed by atoms with van der Waals surface area (Å²) in [6.07, 6.45) is 0. The smallest absolute Gasteiger partial charge is 0.257 e. The predicted molar refractivity (Wildman–Crippen MR) is 141 cm³/mol. The Bertz CT molecular complexity index is 1290. The van der Waals surface area contributed by atoms with Crippen molar-refractivity contribution in [2.45, 2.75) is 13.8 Å². The fourth-order valence-electron chi connectivity index (χ4n) is 3.08. The van der Waals surface area contributed by atoms with Gasteiger partial charge in [0.1, 0.15) is 10.8 Å². The number of ether oxygens (including phenoxy) is 1. The maximum absolute atomic E-state index is 12.7. The first kappa shape index (κ1) is 23.2. The number of thiocarbonyl (C=S) groups is 1. The molecule has 168 valence electrons. The Labute approximate surface area is 206 Å². The molecular weight excluding hydrogens is 474 g/mol. The number of amides is 1. The van der Waals surface area contributed by atoms with Gasteiger partial charge in [-0.25, -0.2) is 4.98 Å². The van der Waals surface area contributed by atoms with Crippen molar-refractivity contribution in [3.05, 3.63) is 77.3 Å². The number of carbonyl (C=O) groups is 1. The molecule has 0 bridgehead atoms. The molecule has 0 saturated carbocycles. The first-order valence-corrected chi connectivity index (χ1v) is 12.0. The van der Waals surface area contributed by atoms with Crippen LogP contribution in [0.4, 0.5) is 5.69 Å². The normalized spacial score (nSPS) is 10.9. The van der Waals surface area contributed by atoms with Crippen LogP contribution in [0.15, 0.2) is 66.7 Å². The summed E-state index contributed by atoms with van der Waals surface area (Å²) in [6.45, 7) is 4.72. The summed E-state index contributed by atoms with van der Waals surface area (Å²) in [7, 11) is 0. The molecular formula is C25H22ClN3O2S2. The number of aromatic nitrogens is 1. The van der Waals surface area contributed by atoms with E-state index in [1.165, 1.54) is 0 Å². The van der Waals surface area contributed by atoms with Crippen LogP contribution in [0.1, 0.15) is 24.2 Å². The quantitative estimate of drug-likeness (QED) is 0.289. The Kier molecular flexibility index (Phi) is 7.23. The molecule has 1 amide bonds. The van der Waals surface area contributed by atoms with Crippen LogP contribution in [0, 0.1) is 5.92 Å². The molecule has 4 aromatic rings. The molecule has 0 saturated heterocycles. The summed E-state index contributed by atoms with van der Waals surface area (Å²) in [4.78, 5) is 17.3. The van der Waals surface area contributed by atoms with Crippen molar-refractivity contribution in [3.8, 4) is 16.3 Å². The molecule has 0 fully saturated rings. The first-order valence-electron chi connectivity index (χ1n) is 10.4. The lowest BCUT2D eigenvalue weighted by molar-refractivity contribution is 0.0977. The van der Waals surface area contributed by atoms with Gasteiger partial charge in [-0.2, -0.15) is 0 Å². The molecule has 2 N–H and O–H groups in total. The third-order valence-electron chi connectivity index (χ3n) is 4.66. The predicted octanol–water partition coefficient (Wildman–Crippen LogP) is 6.78. The number of fused-ring (bicyclic) bond motifs is 1. The standard InChI is InChI=1S/C25H22ClN3O2S2/c1-15(2)14-31-18-7-5-6-16(12-18)23(30)29-25(32)27-17-10-11-20(26)19(13-17)24-28-21-8-3-4-9-22(21)33-24/h3-13,15H,14H2,1-2H3,(H2,27,29,30,32). The van der Waals surface area contributed by atoms with Crippen LogP contribution in [0.3, 0.4) is 0 Å². The molecule has 0 unspecified atom stereocenters. The van der Waals surface area contributed by atoms with Gasteiger partial charge < -0.3 is 10.1 Å². The van der Waals surface area contributed by atoms with E-state index in [0.29, 0.717) is 34.5 Å². The van der Waals surface area contributed by atoms with E-state index in [2.05, 4.69) is 29.5 Å². The zero-order valence-corrected chi connectivity index (χ0v) is 20.5. The van der Waals surface area contributed by atoms with Crippen molar-refractivity contribution in [1.82, 2.24) is 10.3 Å². The number of halogens is 1. The highest BCUT2D eigenvalue weighted by atomic mass is 35.5. The summed E-state index contributed by atoms with van der Waals surface area (Å²) < 4.78 is 6.79. The zero-order chi connectivity index (χ0) is 23.4. The number of benzene rings is 3. The van der Waals surface area contributed by atoms with Gasteiger partial charge in [-0.15, -0.1) is 11.3 Å². The van der Waals surface area contributed by atoms with Crippen LogP contribution in [-0.4, -0.2) is 22.6 Å². The number of thiazole rings is 1. The monoisotopic (exact) mass is 495 g/mol. The number of carbonyl (C=O) groups excluding carboxylic acids is 1. The van der Waals surface area contributed by atoms with Crippen molar-refractivity contribution in [3.63, 3.8) is 0 Å². The second-order valence-corrected chi connectivity index (χ2v) is 9.67. The zero-order valence-electron chi connectivity index (χ0n) is 18.1. The van der Waals surface area contributed by atoms with Gasteiger partial charge in [0.15, 0.2) is 5.11 Å². The van der Waals surface area contributed by atoms with Crippen molar-refractivity contribution in [1.29, 1.82) is 0 Å². The molecule has 33 heavy (non-hydrogen) atoms. The lowest BCUT2D eigenvalue weighted by atomic mass is 10.2. The minimum Gasteiger partial charge on any atom is -0.493 e. The third-order valence-corrected chi connectivity index (χ3v) is 6.26. The molecule has 1 aromatic heterocycles. The van der Waals surface area contributed by atoms with E-state index >= 15 is 0 Å². The summed E-state index contributed by atoms with van der Waals surface area (Å²) >= 11 is 13.4. The number of nitrogens with zero attached hydrogens (tertiary/aromatic N) is 1. The fraction of sp³-hybridized carbons (Fsp3) is 0.160. The molecule has 0 aliphatic rings. The maximum atomic E-state index is 12.7.